The molecule has 0 saturated heterocycles. The second-order valence-electron chi connectivity index (χ2n) is 11.0. The van der Waals surface area contributed by atoms with Gasteiger partial charge in [-0.3, -0.25) is 14.4 Å². The van der Waals surface area contributed by atoms with Crippen LogP contribution in [0.5, 0.6) is 0 Å². The molecule has 4 aromatic carbocycles. The van der Waals surface area contributed by atoms with Gasteiger partial charge in [-0.2, -0.15) is 0 Å². The second kappa shape index (κ2) is 13.5. The van der Waals surface area contributed by atoms with Gasteiger partial charge in [0.25, 0.3) is 5.91 Å². The summed E-state index contributed by atoms with van der Waals surface area (Å²) in [5.74, 6) is -0.249. The average Bonchev–Trinajstić information content (AvgIpc) is 3.28. The van der Waals surface area contributed by atoms with Gasteiger partial charge in [0.1, 0.15) is 6.04 Å². The van der Waals surface area contributed by atoms with Crippen molar-refractivity contribution in [2.75, 3.05) is 18.0 Å². The summed E-state index contributed by atoms with van der Waals surface area (Å²) in [6.45, 7) is 5.48. The summed E-state index contributed by atoms with van der Waals surface area (Å²) in [5, 5.41) is 5.10. The zero-order valence-corrected chi connectivity index (χ0v) is 24.5. The Balaban J connectivity index is 1.37. The maximum atomic E-state index is 14.0. The topological polar surface area (TPSA) is 69.7 Å². The standard InChI is InChI=1S/C36H39N3O3/c1-3-4-22-37-35(41)32(24-27-14-6-5-7-15-27)39(25-29-16-9-8-13-26(29)2)33(40)21-12-23-38-31-20-11-18-28-17-10-19-30(34(28)31)36(38)42/h5-11,13-20,32H,3-4,12,21-25H2,1-2H3,(H,37,41)/t32-/m1/s1. The van der Waals surface area contributed by atoms with Gasteiger partial charge in [-0.15, -0.1) is 0 Å². The fourth-order valence-electron chi connectivity index (χ4n) is 5.76. The summed E-state index contributed by atoms with van der Waals surface area (Å²) in [6, 6.07) is 29.0. The van der Waals surface area contributed by atoms with E-state index in [9.17, 15) is 14.4 Å². The molecule has 3 amide bonds. The molecule has 1 atom stereocenters. The van der Waals surface area contributed by atoms with E-state index in [1.165, 1.54) is 0 Å². The quantitative estimate of drug-likeness (QED) is 0.191. The van der Waals surface area contributed by atoms with Gasteiger partial charge >= 0.3 is 0 Å². The van der Waals surface area contributed by atoms with Crippen molar-refractivity contribution in [3.63, 3.8) is 0 Å². The zero-order chi connectivity index (χ0) is 29.5. The van der Waals surface area contributed by atoms with Crippen LogP contribution in [-0.2, 0) is 22.6 Å². The summed E-state index contributed by atoms with van der Waals surface area (Å²) < 4.78 is 0. The van der Waals surface area contributed by atoms with Crippen LogP contribution in [0.1, 0.15) is 59.7 Å². The summed E-state index contributed by atoms with van der Waals surface area (Å²) in [6.07, 6.45) is 3.01. The molecule has 6 heteroatoms. The molecule has 6 nitrogen and oxygen atoms in total. The normalized spacial score (nSPS) is 12.9. The van der Waals surface area contributed by atoms with Crippen LogP contribution >= 0.6 is 0 Å². The monoisotopic (exact) mass is 561 g/mol. The molecule has 0 spiro atoms. The summed E-state index contributed by atoms with van der Waals surface area (Å²) >= 11 is 0. The molecule has 0 radical (unpaired) electrons. The highest BCUT2D eigenvalue weighted by Gasteiger charge is 2.32. The van der Waals surface area contributed by atoms with Crippen molar-refractivity contribution in [1.82, 2.24) is 10.2 Å². The highest BCUT2D eigenvalue weighted by atomic mass is 16.2. The number of aryl methyl sites for hydroxylation is 1. The number of rotatable bonds is 13. The fourth-order valence-corrected chi connectivity index (χ4v) is 5.76. The summed E-state index contributed by atoms with van der Waals surface area (Å²) in [7, 11) is 0. The number of benzene rings is 4. The van der Waals surface area contributed by atoms with Crippen LogP contribution in [0.15, 0.2) is 91.0 Å². The molecular weight excluding hydrogens is 522 g/mol. The van der Waals surface area contributed by atoms with E-state index in [0.29, 0.717) is 38.0 Å². The molecule has 42 heavy (non-hydrogen) atoms. The van der Waals surface area contributed by atoms with E-state index >= 15 is 0 Å². The van der Waals surface area contributed by atoms with Crippen LogP contribution in [0, 0.1) is 6.92 Å². The van der Waals surface area contributed by atoms with Crippen LogP contribution in [0.2, 0.25) is 0 Å². The molecule has 0 saturated carbocycles. The van der Waals surface area contributed by atoms with Crippen LogP contribution in [0.3, 0.4) is 0 Å². The van der Waals surface area contributed by atoms with Crippen LogP contribution in [0.25, 0.3) is 10.8 Å². The van der Waals surface area contributed by atoms with E-state index < -0.39 is 6.04 Å². The van der Waals surface area contributed by atoms with Gasteiger partial charge in [0, 0.05) is 43.4 Å². The first-order valence-corrected chi connectivity index (χ1v) is 15.0. The summed E-state index contributed by atoms with van der Waals surface area (Å²) in [5.41, 5.74) is 4.71. The van der Waals surface area contributed by atoms with Crippen LogP contribution in [0.4, 0.5) is 5.69 Å². The Hall–Kier alpha value is -4.45. The van der Waals surface area contributed by atoms with Crippen molar-refractivity contribution in [2.45, 2.75) is 58.5 Å². The van der Waals surface area contributed by atoms with Gasteiger partial charge in [-0.05, 0) is 54.0 Å². The van der Waals surface area contributed by atoms with Gasteiger partial charge in [0.2, 0.25) is 11.8 Å². The largest absolute Gasteiger partial charge is 0.354 e. The average molecular weight is 562 g/mol. The van der Waals surface area contributed by atoms with E-state index in [1.54, 1.807) is 9.80 Å². The molecule has 1 aliphatic rings. The van der Waals surface area contributed by atoms with E-state index in [-0.39, 0.29) is 24.1 Å². The molecule has 1 aliphatic heterocycles. The molecule has 0 aliphatic carbocycles. The molecule has 4 aromatic rings. The van der Waals surface area contributed by atoms with Crippen molar-refractivity contribution < 1.29 is 14.4 Å². The van der Waals surface area contributed by atoms with Gasteiger partial charge in [0.15, 0.2) is 0 Å². The molecule has 5 rings (SSSR count). The van der Waals surface area contributed by atoms with E-state index in [1.807, 2.05) is 97.9 Å². The van der Waals surface area contributed by atoms with Gasteiger partial charge in [0.05, 0.1) is 5.69 Å². The Morgan fingerprint density at radius 2 is 1.62 bits per heavy atom. The van der Waals surface area contributed by atoms with Crippen molar-refractivity contribution in [1.29, 1.82) is 0 Å². The molecule has 0 aromatic heterocycles. The minimum Gasteiger partial charge on any atom is -0.354 e. The van der Waals surface area contributed by atoms with Crippen molar-refractivity contribution in [3.8, 4) is 0 Å². The van der Waals surface area contributed by atoms with Crippen molar-refractivity contribution in [2.24, 2.45) is 0 Å². The lowest BCUT2D eigenvalue weighted by Crippen LogP contribution is -2.50. The minimum absolute atomic E-state index is 0.0247. The third-order valence-electron chi connectivity index (χ3n) is 8.12. The number of carbonyl (C=O) groups excluding carboxylic acids is 3. The molecule has 216 valence electrons. The van der Waals surface area contributed by atoms with Crippen LogP contribution < -0.4 is 10.2 Å². The first kappa shape index (κ1) is 29.1. The number of nitrogens with one attached hydrogen (secondary N) is 1. The Labute approximate surface area is 248 Å². The lowest BCUT2D eigenvalue weighted by molar-refractivity contribution is -0.141. The third kappa shape index (κ3) is 6.38. The van der Waals surface area contributed by atoms with Gasteiger partial charge in [-0.1, -0.05) is 92.2 Å². The molecule has 0 fully saturated rings. The zero-order valence-electron chi connectivity index (χ0n) is 24.5. The maximum Gasteiger partial charge on any atom is 0.258 e. The Kier molecular flexibility index (Phi) is 9.32. The first-order valence-electron chi connectivity index (χ1n) is 15.0. The predicted octanol–water partition coefficient (Wildman–Crippen LogP) is 6.45. The maximum absolute atomic E-state index is 14.0. The number of hydrogen-bond acceptors (Lipinski definition) is 3. The SMILES string of the molecule is CCCCNC(=O)[C@@H](Cc1ccccc1)N(Cc1ccccc1C)C(=O)CCCN1C(=O)c2cccc3cccc1c23. The number of carbonyl (C=O) groups is 3. The Bertz CT molecular complexity index is 1560. The Morgan fingerprint density at radius 3 is 2.38 bits per heavy atom. The first-order chi connectivity index (χ1) is 20.5. The van der Waals surface area contributed by atoms with Crippen molar-refractivity contribution in [3.05, 3.63) is 113 Å². The lowest BCUT2D eigenvalue weighted by atomic mass is 10.0. The highest BCUT2D eigenvalue weighted by molar-refractivity contribution is 6.25. The number of hydrogen-bond donors (Lipinski definition) is 1. The van der Waals surface area contributed by atoms with Crippen molar-refractivity contribution >= 4 is 34.2 Å². The molecule has 0 bridgehead atoms. The molecule has 1 heterocycles. The summed E-state index contributed by atoms with van der Waals surface area (Å²) in [4.78, 5) is 44.5. The Morgan fingerprint density at radius 1 is 0.881 bits per heavy atom. The van der Waals surface area contributed by atoms with E-state index in [4.69, 9.17) is 0 Å². The highest BCUT2D eigenvalue weighted by Crippen LogP contribution is 2.37. The second-order valence-corrected chi connectivity index (χ2v) is 11.0. The smallest absolute Gasteiger partial charge is 0.258 e. The third-order valence-corrected chi connectivity index (χ3v) is 8.12. The van der Waals surface area contributed by atoms with Gasteiger partial charge in [-0.25, -0.2) is 0 Å². The number of anilines is 1. The molecular formula is C36H39N3O3. The fraction of sp³-hybridized carbons (Fsp3) is 0.306. The predicted molar refractivity (Wildman–Crippen MR) is 168 cm³/mol. The number of nitrogens with zero attached hydrogens (tertiary/aromatic N) is 2. The van der Waals surface area contributed by atoms with E-state index in [0.717, 1.165) is 46.0 Å². The number of unbranched alkanes of at least 4 members (excludes halogenated alkanes) is 1. The van der Waals surface area contributed by atoms with Crippen LogP contribution in [-0.4, -0.2) is 41.8 Å². The van der Waals surface area contributed by atoms with Gasteiger partial charge < -0.3 is 15.1 Å². The molecule has 1 N–H and O–H groups in total. The number of amides is 3. The van der Waals surface area contributed by atoms with E-state index in [2.05, 4.69) is 12.2 Å². The minimum atomic E-state index is -0.650. The molecule has 0 unspecified atom stereocenters. The lowest BCUT2D eigenvalue weighted by Gasteiger charge is -2.32.